The van der Waals surface area contributed by atoms with Gasteiger partial charge in [0.2, 0.25) is 5.43 Å². The molecule has 4 rings (SSSR count). The van der Waals surface area contributed by atoms with E-state index < -0.39 is 9.84 Å². The minimum absolute atomic E-state index is 0.00435. The molecule has 1 amide bonds. The van der Waals surface area contributed by atoms with Crippen LogP contribution in [-0.2, 0) is 14.6 Å². The van der Waals surface area contributed by atoms with Gasteiger partial charge in [-0.15, -0.1) is 0 Å². The van der Waals surface area contributed by atoms with Crippen LogP contribution in [0.25, 0.3) is 22.1 Å². The van der Waals surface area contributed by atoms with Crippen molar-refractivity contribution in [1.82, 2.24) is 4.90 Å². The fourth-order valence-electron chi connectivity index (χ4n) is 4.41. The van der Waals surface area contributed by atoms with Gasteiger partial charge in [0.25, 0.3) is 5.91 Å². The van der Waals surface area contributed by atoms with Gasteiger partial charge in [-0.3, -0.25) is 9.59 Å². The lowest BCUT2D eigenvalue weighted by Gasteiger charge is -2.29. The number of fused-ring (bicyclic) bond motifs is 1. The normalized spacial score (nSPS) is 17.2. The molecule has 0 aliphatic carbocycles. The van der Waals surface area contributed by atoms with Crippen LogP contribution in [0.4, 0.5) is 0 Å². The summed E-state index contributed by atoms with van der Waals surface area (Å²) in [4.78, 5) is 27.7. The number of carbonyl (C=O) groups is 1. The highest BCUT2D eigenvalue weighted by molar-refractivity contribution is 7.91. The summed E-state index contributed by atoms with van der Waals surface area (Å²) < 4.78 is 35.5. The molecule has 8 heteroatoms. The van der Waals surface area contributed by atoms with Crippen LogP contribution in [0.2, 0.25) is 0 Å². The van der Waals surface area contributed by atoms with Gasteiger partial charge in [0.1, 0.15) is 17.1 Å². The van der Waals surface area contributed by atoms with Crippen LogP contribution in [0, 0.1) is 12.8 Å². The lowest BCUT2D eigenvalue weighted by atomic mass is 10.0. The number of benzene rings is 2. The van der Waals surface area contributed by atoms with Gasteiger partial charge < -0.3 is 14.1 Å². The van der Waals surface area contributed by atoms with Gasteiger partial charge in [-0.2, -0.15) is 0 Å². The summed E-state index contributed by atoms with van der Waals surface area (Å²) in [6.07, 6.45) is 0.449. The van der Waals surface area contributed by atoms with E-state index in [9.17, 15) is 18.0 Å². The highest BCUT2D eigenvalue weighted by Gasteiger charge is 2.35. The highest BCUT2D eigenvalue weighted by Crippen LogP contribution is 2.26. The molecule has 1 aliphatic rings. The number of carbonyl (C=O) groups excluding carboxylic acids is 1. The van der Waals surface area contributed by atoms with Crippen LogP contribution in [0.15, 0.2) is 57.7 Å². The number of sulfone groups is 1. The predicted molar refractivity (Wildman–Crippen MR) is 132 cm³/mol. The monoisotopic (exact) mass is 483 g/mol. The van der Waals surface area contributed by atoms with Crippen molar-refractivity contribution in [1.29, 1.82) is 0 Å². The van der Waals surface area contributed by atoms with Crippen molar-refractivity contribution in [2.45, 2.75) is 33.2 Å². The molecule has 2 heterocycles. The van der Waals surface area contributed by atoms with E-state index in [0.717, 1.165) is 5.56 Å². The average Bonchev–Trinajstić information content (AvgIpc) is 3.15. The Bertz CT molecular complexity index is 1360. The summed E-state index contributed by atoms with van der Waals surface area (Å²) in [5, 5.41) is 0.431. The van der Waals surface area contributed by atoms with Crippen molar-refractivity contribution < 1.29 is 22.4 Å². The zero-order valence-corrected chi connectivity index (χ0v) is 20.4. The maximum atomic E-state index is 13.1. The third kappa shape index (κ3) is 5.17. The zero-order chi connectivity index (χ0) is 24.5. The van der Waals surface area contributed by atoms with Crippen LogP contribution < -0.4 is 10.2 Å². The minimum atomic E-state index is -3.11. The molecule has 2 aromatic carbocycles. The zero-order valence-electron chi connectivity index (χ0n) is 19.6. The lowest BCUT2D eigenvalue weighted by molar-refractivity contribution is -0.135. The summed E-state index contributed by atoms with van der Waals surface area (Å²) in [5.41, 5.74) is 1.57. The number of amides is 1. The molecule has 0 N–H and O–H groups in total. The van der Waals surface area contributed by atoms with E-state index in [1.807, 2.05) is 44.2 Å². The fourth-order valence-corrected chi connectivity index (χ4v) is 6.14. The second-order valence-corrected chi connectivity index (χ2v) is 11.4. The SMILES string of the molecule is Cc1oc2cc(OCC(=O)N(CC(C)C)[C@@H]3CCS(=O)(=O)C3)ccc2c(=O)c1-c1ccccc1. The first-order chi connectivity index (χ1) is 16.1. The molecule has 0 bridgehead atoms. The summed E-state index contributed by atoms with van der Waals surface area (Å²) in [6, 6.07) is 13.9. The summed E-state index contributed by atoms with van der Waals surface area (Å²) in [5.74, 6) is 0.947. The molecular weight excluding hydrogens is 454 g/mol. The van der Waals surface area contributed by atoms with Gasteiger partial charge in [-0.05, 0) is 37.0 Å². The predicted octanol–water partition coefficient (Wildman–Crippen LogP) is 3.82. The smallest absolute Gasteiger partial charge is 0.260 e. The number of rotatable bonds is 7. The number of hydrogen-bond donors (Lipinski definition) is 0. The second-order valence-electron chi connectivity index (χ2n) is 9.17. The van der Waals surface area contributed by atoms with Gasteiger partial charge >= 0.3 is 0 Å². The molecule has 1 aromatic heterocycles. The molecule has 180 valence electrons. The number of aryl methyl sites for hydroxylation is 1. The maximum absolute atomic E-state index is 13.1. The summed E-state index contributed by atoms with van der Waals surface area (Å²) >= 11 is 0. The maximum Gasteiger partial charge on any atom is 0.260 e. The number of hydrogen-bond acceptors (Lipinski definition) is 6. The van der Waals surface area contributed by atoms with Crippen molar-refractivity contribution in [3.8, 4) is 16.9 Å². The summed E-state index contributed by atoms with van der Waals surface area (Å²) in [6.45, 7) is 5.97. The Morgan fingerprint density at radius 2 is 1.91 bits per heavy atom. The first kappa shape index (κ1) is 24.0. The second kappa shape index (κ2) is 9.62. The molecule has 34 heavy (non-hydrogen) atoms. The van der Waals surface area contributed by atoms with E-state index in [2.05, 4.69) is 0 Å². The molecule has 0 saturated carbocycles. The third-order valence-electron chi connectivity index (χ3n) is 6.00. The lowest BCUT2D eigenvalue weighted by Crippen LogP contribution is -2.45. The van der Waals surface area contributed by atoms with Crippen LogP contribution in [0.1, 0.15) is 26.0 Å². The first-order valence-electron chi connectivity index (χ1n) is 11.4. The fraction of sp³-hybridized carbons (Fsp3) is 0.385. The van der Waals surface area contributed by atoms with Crippen LogP contribution in [-0.4, -0.2) is 49.9 Å². The van der Waals surface area contributed by atoms with Crippen molar-refractivity contribution in [2.75, 3.05) is 24.7 Å². The average molecular weight is 484 g/mol. The van der Waals surface area contributed by atoms with Gasteiger partial charge in [0, 0.05) is 18.7 Å². The van der Waals surface area contributed by atoms with E-state index >= 15 is 0 Å². The van der Waals surface area contributed by atoms with Crippen molar-refractivity contribution in [3.63, 3.8) is 0 Å². The number of ether oxygens (including phenoxy) is 1. The highest BCUT2D eigenvalue weighted by atomic mass is 32.2. The Hall–Kier alpha value is -3.13. The van der Waals surface area contributed by atoms with Crippen molar-refractivity contribution in [2.24, 2.45) is 5.92 Å². The molecule has 1 saturated heterocycles. The third-order valence-corrected chi connectivity index (χ3v) is 7.75. The van der Waals surface area contributed by atoms with Crippen molar-refractivity contribution >= 4 is 26.7 Å². The molecule has 0 radical (unpaired) electrons. The summed E-state index contributed by atoms with van der Waals surface area (Å²) in [7, 11) is -3.11. The molecular formula is C26H29NO6S. The van der Waals surface area contributed by atoms with E-state index in [0.29, 0.717) is 41.0 Å². The van der Waals surface area contributed by atoms with E-state index in [1.54, 1.807) is 30.0 Å². The van der Waals surface area contributed by atoms with E-state index in [4.69, 9.17) is 9.15 Å². The van der Waals surface area contributed by atoms with Gasteiger partial charge in [-0.25, -0.2) is 8.42 Å². The minimum Gasteiger partial charge on any atom is -0.484 e. The van der Waals surface area contributed by atoms with Gasteiger partial charge in [0.05, 0.1) is 22.5 Å². The Kier molecular flexibility index (Phi) is 6.79. The van der Waals surface area contributed by atoms with Crippen LogP contribution >= 0.6 is 0 Å². The Morgan fingerprint density at radius 3 is 2.56 bits per heavy atom. The van der Waals surface area contributed by atoms with Crippen LogP contribution in [0.5, 0.6) is 5.75 Å². The topological polar surface area (TPSA) is 93.9 Å². The molecule has 7 nitrogen and oxygen atoms in total. The Labute approximate surface area is 199 Å². The Balaban J connectivity index is 1.54. The van der Waals surface area contributed by atoms with E-state index in [1.165, 1.54) is 0 Å². The van der Waals surface area contributed by atoms with Crippen molar-refractivity contribution in [3.05, 3.63) is 64.5 Å². The molecule has 3 aromatic rings. The van der Waals surface area contributed by atoms with Crippen LogP contribution in [0.3, 0.4) is 0 Å². The molecule has 0 spiro atoms. The molecule has 0 unspecified atom stereocenters. The molecule has 1 fully saturated rings. The standard InChI is InChI=1S/C26H29NO6S/c1-17(2)14-27(20-11-12-34(30,31)16-20)24(28)15-32-21-9-10-22-23(13-21)33-18(3)25(26(22)29)19-7-5-4-6-8-19/h4-10,13,17,20H,11-12,14-16H2,1-3H3/t20-/m1/s1. The van der Waals surface area contributed by atoms with Gasteiger partial charge in [0.15, 0.2) is 16.4 Å². The first-order valence-corrected chi connectivity index (χ1v) is 13.2. The molecule has 1 atom stereocenters. The Morgan fingerprint density at radius 1 is 1.18 bits per heavy atom. The quantitative estimate of drug-likeness (QED) is 0.507. The molecule has 1 aliphatic heterocycles. The largest absolute Gasteiger partial charge is 0.484 e. The number of nitrogens with zero attached hydrogens (tertiary/aromatic N) is 1. The van der Waals surface area contributed by atoms with E-state index in [-0.39, 0.29) is 41.4 Å². The van der Waals surface area contributed by atoms with Gasteiger partial charge in [-0.1, -0.05) is 44.2 Å².